The van der Waals surface area contributed by atoms with Crippen molar-refractivity contribution in [1.29, 1.82) is 0 Å². The van der Waals surface area contributed by atoms with Gasteiger partial charge in [0.1, 0.15) is 5.75 Å². The fourth-order valence-electron chi connectivity index (χ4n) is 2.09. The molecule has 0 saturated heterocycles. The molecule has 0 bridgehead atoms. The van der Waals surface area contributed by atoms with E-state index in [1.54, 1.807) is 6.20 Å². The maximum absolute atomic E-state index is 5.95. The van der Waals surface area contributed by atoms with Gasteiger partial charge in [0.15, 0.2) is 0 Å². The maximum Gasteiger partial charge on any atom is 0.126 e. The molecule has 0 aliphatic carbocycles. The summed E-state index contributed by atoms with van der Waals surface area (Å²) in [6.07, 6.45) is 6.58. The normalized spacial score (nSPS) is 10.6. The maximum atomic E-state index is 5.95. The van der Waals surface area contributed by atoms with Crippen molar-refractivity contribution in [1.82, 2.24) is 14.9 Å². The van der Waals surface area contributed by atoms with Crippen molar-refractivity contribution in [3.63, 3.8) is 0 Å². The zero-order valence-corrected chi connectivity index (χ0v) is 11.6. The first-order chi connectivity index (χ1) is 9.31. The molecule has 102 valence electrons. The molecule has 0 amide bonds. The third-order valence-corrected chi connectivity index (χ3v) is 3.03. The standard InChI is InChI=1S/C15H21N3O/c1-13-5-3-6-14(11-16-2)15(13)19-10-4-8-18-9-7-17-12-18/h3,5-7,9,12,16H,4,8,10-11H2,1-2H3. The van der Waals surface area contributed by atoms with Gasteiger partial charge in [0, 0.05) is 31.0 Å². The molecule has 0 saturated carbocycles. The summed E-state index contributed by atoms with van der Waals surface area (Å²) in [7, 11) is 1.95. The predicted molar refractivity (Wildman–Crippen MR) is 76.3 cm³/mol. The molecule has 4 nitrogen and oxygen atoms in total. The van der Waals surface area contributed by atoms with Crippen LogP contribution in [-0.2, 0) is 13.1 Å². The van der Waals surface area contributed by atoms with Crippen molar-refractivity contribution in [2.45, 2.75) is 26.4 Å². The number of hydrogen-bond acceptors (Lipinski definition) is 3. The average molecular weight is 259 g/mol. The van der Waals surface area contributed by atoms with Crippen molar-refractivity contribution in [2.75, 3.05) is 13.7 Å². The number of para-hydroxylation sites is 1. The second-order valence-corrected chi connectivity index (χ2v) is 4.60. The van der Waals surface area contributed by atoms with Gasteiger partial charge in [-0.2, -0.15) is 0 Å². The van der Waals surface area contributed by atoms with Crippen LogP contribution in [0.15, 0.2) is 36.9 Å². The summed E-state index contributed by atoms with van der Waals surface area (Å²) >= 11 is 0. The molecular formula is C15H21N3O. The molecule has 2 aromatic rings. The molecular weight excluding hydrogens is 238 g/mol. The molecule has 0 aliphatic rings. The predicted octanol–water partition coefficient (Wildman–Crippen LogP) is 2.38. The fourth-order valence-corrected chi connectivity index (χ4v) is 2.09. The van der Waals surface area contributed by atoms with Crippen molar-refractivity contribution in [2.24, 2.45) is 0 Å². The van der Waals surface area contributed by atoms with Gasteiger partial charge >= 0.3 is 0 Å². The van der Waals surface area contributed by atoms with Crippen LogP contribution in [0.1, 0.15) is 17.5 Å². The molecule has 0 fully saturated rings. The third kappa shape index (κ3) is 3.83. The molecule has 1 N–H and O–H groups in total. The number of imidazole rings is 1. The minimum atomic E-state index is 0.722. The first kappa shape index (κ1) is 13.6. The Morgan fingerprint density at radius 2 is 2.26 bits per heavy atom. The van der Waals surface area contributed by atoms with E-state index < -0.39 is 0 Å². The summed E-state index contributed by atoms with van der Waals surface area (Å²) in [5.41, 5.74) is 2.40. The molecule has 1 aromatic carbocycles. The summed E-state index contributed by atoms with van der Waals surface area (Å²) in [5, 5.41) is 3.17. The molecule has 2 rings (SSSR count). The SMILES string of the molecule is CNCc1cccc(C)c1OCCCn1ccnc1. The largest absolute Gasteiger partial charge is 0.493 e. The number of aromatic nitrogens is 2. The Morgan fingerprint density at radius 3 is 3.00 bits per heavy atom. The Labute approximate surface area is 114 Å². The topological polar surface area (TPSA) is 39.1 Å². The van der Waals surface area contributed by atoms with E-state index in [4.69, 9.17) is 4.74 Å². The molecule has 1 heterocycles. The molecule has 19 heavy (non-hydrogen) atoms. The number of nitrogens with one attached hydrogen (secondary N) is 1. The molecule has 4 heteroatoms. The van der Waals surface area contributed by atoms with E-state index in [1.165, 1.54) is 11.1 Å². The number of benzene rings is 1. The number of nitrogens with zero attached hydrogens (tertiary/aromatic N) is 2. The minimum Gasteiger partial charge on any atom is -0.493 e. The van der Waals surface area contributed by atoms with E-state index in [1.807, 2.05) is 19.6 Å². The van der Waals surface area contributed by atoms with E-state index in [2.05, 4.69) is 40.0 Å². The van der Waals surface area contributed by atoms with E-state index in [0.29, 0.717) is 0 Å². The lowest BCUT2D eigenvalue weighted by Gasteiger charge is -2.14. The van der Waals surface area contributed by atoms with Gasteiger partial charge in [-0.3, -0.25) is 0 Å². The average Bonchev–Trinajstić information content (AvgIpc) is 2.90. The monoisotopic (exact) mass is 259 g/mol. The van der Waals surface area contributed by atoms with Crippen molar-refractivity contribution in [3.8, 4) is 5.75 Å². The Morgan fingerprint density at radius 1 is 1.37 bits per heavy atom. The number of aryl methyl sites for hydroxylation is 2. The smallest absolute Gasteiger partial charge is 0.126 e. The molecule has 0 radical (unpaired) electrons. The van der Waals surface area contributed by atoms with Gasteiger partial charge in [-0.05, 0) is 26.0 Å². The first-order valence-electron chi connectivity index (χ1n) is 6.63. The summed E-state index contributed by atoms with van der Waals surface area (Å²) in [6, 6.07) is 6.26. The number of ether oxygens (including phenoxy) is 1. The minimum absolute atomic E-state index is 0.722. The van der Waals surface area contributed by atoms with Crippen LogP contribution >= 0.6 is 0 Å². The highest BCUT2D eigenvalue weighted by molar-refractivity contribution is 5.40. The van der Waals surface area contributed by atoms with E-state index in [0.717, 1.165) is 31.9 Å². The van der Waals surface area contributed by atoms with Gasteiger partial charge in [-0.15, -0.1) is 0 Å². The summed E-state index contributed by atoms with van der Waals surface area (Å²) in [4.78, 5) is 4.03. The van der Waals surface area contributed by atoms with Gasteiger partial charge in [-0.25, -0.2) is 4.98 Å². The van der Waals surface area contributed by atoms with Crippen LogP contribution in [0, 0.1) is 6.92 Å². The quantitative estimate of drug-likeness (QED) is 0.776. The lowest BCUT2D eigenvalue weighted by atomic mass is 10.1. The van der Waals surface area contributed by atoms with Crippen LogP contribution in [0.3, 0.4) is 0 Å². The van der Waals surface area contributed by atoms with Crippen LogP contribution in [0.25, 0.3) is 0 Å². The van der Waals surface area contributed by atoms with Crippen molar-refractivity contribution in [3.05, 3.63) is 48.0 Å². The van der Waals surface area contributed by atoms with Crippen LogP contribution in [-0.4, -0.2) is 23.2 Å². The zero-order chi connectivity index (χ0) is 13.5. The molecule has 0 unspecified atom stereocenters. The number of rotatable bonds is 7. The highest BCUT2D eigenvalue weighted by atomic mass is 16.5. The Bertz CT molecular complexity index is 494. The van der Waals surface area contributed by atoms with Gasteiger partial charge in [0.05, 0.1) is 12.9 Å². The van der Waals surface area contributed by atoms with Gasteiger partial charge in [0.25, 0.3) is 0 Å². The van der Waals surface area contributed by atoms with Crippen molar-refractivity contribution >= 4 is 0 Å². The molecule has 0 spiro atoms. The zero-order valence-electron chi connectivity index (χ0n) is 11.6. The highest BCUT2D eigenvalue weighted by Crippen LogP contribution is 2.23. The lowest BCUT2D eigenvalue weighted by Crippen LogP contribution is -2.10. The second kappa shape index (κ2) is 6.95. The fraction of sp³-hybridized carbons (Fsp3) is 0.400. The highest BCUT2D eigenvalue weighted by Gasteiger charge is 2.05. The molecule has 0 atom stereocenters. The summed E-state index contributed by atoms with van der Waals surface area (Å²) < 4.78 is 8.01. The molecule has 1 aromatic heterocycles. The van der Waals surface area contributed by atoms with Gasteiger partial charge in [0.2, 0.25) is 0 Å². The Kier molecular flexibility index (Phi) is 4.98. The van der Waals surface area contributed by atoms with Crippen LogP contribution in [0.2, 0.25) is 0 Å². The lowest BCUT2D eigenvalue weighted by molar-refractivity contribution is 0.296. The Balaban J connectivity index is 1.88. The van der Waals surface area contributed by atoms with Crippen LogP contribution in [0.4, 0.5) is 0 Å². The Hall–Kier alpha value is -1.81. The van der Waals surface area contributed by atoms with E-state index in [-0.39, 0.29) is 0 Å². The van der Waals surface area contributed by atoms with E-state index in [9.17, 15) is 0 Å². The second-order valence-electron chi connectivity index (χ2n) is 4.60. The summed E-state index contributed by atoms with van der Waals surface area (Å²) in [6.45, 7) is 4.58. The van der Waals surface area contributed by atoms with E-state index >= 15 is 0 Å². The first-order valence-corrected chi connectivity index (χ1v) is 6.63. The van der Waals surface area contributed by atoms with Crippen molar-refractivity contribution < 1.29 is 4.74 Å². The third-order valence-electron chi connectivity index (χ3n) is 3.03. The number of hydrogen-bond donors (Lipinski definition) is 1. The van der Waals surface area contributed by atoms with Gasteiger partial charge in [-0.1, -0.05) is 18.2 Å². The van der Waals surface area contributed by atoms with Crippen LogP contribution < -0.4 is 10.1 Å². The van der Waals surface area contributed by atoms with Crippen LogP contribution in [0.5, 0.6) is 5.75 Å². The summed E-state index contributed by atoms with van der Waals surface area (Å²) in [5.74, 6) is 1.02. The molecule has 0 aliphatic heterocycles. The van der Waals surface area contributed by atoms with Gasteiger partial charge < -0.3 is 14.6 Å².